The number of nitrogens with zero attached hydrogens (tertiary/aromatic N) is 4. The number of hydrogen-bond acceptors (Lipinski definition) is 5. The number of amides is 3. The van der Waals surface area contributed by atoms with E-state index in [0.29, 0.717) is 36.3 Å². The number of aryl methyl sites for hydroxylation is 1. The van der Waals surface area contributed by atoms with Gasteiger partial charge in [0.1, 0.15) is 5.82 Å². The Kier molecular flexibility index (Phi) is 9.18. The second-order valence-corrected chi connectivity index (χ2v) is 14.9. The van der Waals surface area contributed by atoms with Crippen molar-refractivity contribution >= 4 is 23.4 Å². The number of benzene rings is 3. The molecule has 3 aromatic carbocycles. The summed E-state index contributed by atoms with van der Waals surface area (Å²) in [4.78, 5) is 32.7. The molecule has 2 atom stereocenters. The first-order valence-electron chi connectivity index (χ1n) is 17.5. The molecule has 3 amide bonds. The number of urea groups is 1. The minimum atomic E-state index is -4.87. The quantitative estimate of drug-likeness (QED) is 0.175. The van der Waals surface area contributed by atoms with Crippen molar-refractivity contribution in [2.24, 2.45) is 5.92 Å². The molecule has 0 spiro atoms. The number of hydrogen-bond donors (Lipinski definition) is 2. The number of fused-ring (bicyclic) bond motifs is 2. The molecule has 2 fully saturated rings. The number of carbonyl (C=O) groups is 2. The van der Waals surface area contributed by atoms with Gasteiger partial charge in [0.05, 0.1) is 11.4 Å². The molecule has 2 aromatic heterocycles. The van der Waals surface area contributed by atoms with Gasteiger partial charge in [-0.15, -0.1) is 0 Å². The van der Waals surface area contributed by atoms with Crippen molar-refractivity contribution < 1.29 is 27.2 Å². The topological polar surface area (TPSA) is 105 Å². The van der Waals surface area contributed by atoms with E-state index in [4.69, 9.17) is 9.52 Å². The summed E-state index contributed by atoms with van der Waals surface area (Å²) in [7, 11) is 0. The Morgan fingerprint density at radius 3 is 2.23 bits per heavy atom. The maximum Gasteiger partial charge on any atom is 0.452 e. The third kappa shape index (κ3) is 7.33. The summed E-state index contributed by atoms with van der Waals surface area (Å²) in [5.41, 5.74) is 3.89. The molecule has 5 aromatic rings. The predicted molar refractivity (Wildman–Crippen MR) is 192 cm³/mol. The zero-order valence-corrected chi connectivity index (χ0v) is 29.5. The summed E-state index contributed by atoms with van der Waals surface area (Å²) in [6.45, 7) is 8.22. The molecule has 270 valence electrons. The Bertz CT molecular complexity index is 2070. The zero-order valence-electron chi connectivity index (χ0n) is 29.5. The zero-order chi connectivity index (χ0) is 36.8. The number of carbonyl (C=O) groups excluding carboxylic acids is 2. The SMILES string of the molecule is Cc1ccc(-n2nc(C(C)(C)C)cc2NC(=O)Nc2cccc(CC3CC4CCC(C3)N4C(=O)c3nc(-c4ccccc4)oc3C(F)(F)F)c2)cc1. The summed E-state index contributed by atoms with van der Waals surface area (Å²) in [5, 5.41) is 10.7. The molecule has 2 aliphatic rings. The van der Waals surface area contributed by atoms with Crippen molar-refractivity contribution in [2.75, 3.05) is 10.6 Å². The van der Waals surface area contributed by atoms with Gasteiger partial charge in [-0.05, 0) is 86.9 Å². The molecule has 52 heavy (non-hydrogen) atoms. The molecular formula is C40H41F3N6O3. The van der Waals surface area contributed by atoms with E-state index in [1.165, 1.54) is 0 Å². The number of piperidine rings is 1. The summed E-state index contributed by atoms with van der Waals surface area (Å²) >= 11 is 0. The van der Waals surface area contributed by atoms with Crippen LogP contribution in [0.15, 0.2) is 89.3 Å². The van der Waals surface area contributed by atoms with Crippen LogP contribution < -0.4 is 10.6 Å². The smallest absolute Gasteiger partial charge is 0.431 e. The Balaban J connectivity index is 1.02. The van der Waals surface area contributed by atoms with E-state index in [0.717, 1.165) is 35.3 Å². The van der Waals surface area contributed by atoms with Crippen LogP contribution >= 0.6 is 0 Å². The van der Waals surface area contributed by atoms with Crippen LogP contribution in [0.3, 0.4) is 0 Å². The highest BCUT2D eigenvalue weighted by atomic mass is 19.4. The van der Waals surface area contributed by atoms with Crippen LogP contribution in [0, 0.1) is 12.8 Å². The lowest BCUT2D eigenvalue weighted by Crippen LogP contribution is -2.47. The van der Waals surface area contributed by atoms with E-state index in [1.807, 2.05) is 61.5 Å². The Labute approximate surface area is 300 Å². The van der Waals surface area contributed by atoms with Crippen molar-refractivity contribution in [3.05, 3.63) is 113 Å². The first-order valence-corrected chi connectivity index (χ1v) is 17.5. The van der Waals surface area contributed by atoms with Crippen LogP contribution in [0.2, 0.25) is 0 Å². The third-order valence-corrected chi connectivity index (χ3v) is 9.88. The average molecular weight is 711 g/mol. The second kappa shape index (κ2) is 13.6. The standard InChI is InChI=1S/C40H41F3N6O3/c1-24-13-15-29(16-14-24)49-33(23-32(47-49)39(2,3)4)45-38(51)44-28-12-8-9-25(20-28)19-26-21-30-17-18-31(22-26)48(30)37(50)34-35(40(41,42)43)52-36(46-34)27-10-6-5-7-11-27/h5-16,20,23,26,30-31H,17-19,21-22H2,1-4H3,(H2,44,45,51). The summed E-state index contributed by atoms with van der Waals surface area (Å²) in [6, 6.07) is 24.9. The molecule has 0 saturated carbocycles. The maximum absolute atomic E-state index is 14.0. The normalized spacial score (nSPS) is 18.8. The molecule has 2 N–H and O–H groups in total. The van der Waals surface area contributed by atoms with E-state index < -0.39 is 29.6 Å². The van der Waals surface area contributed by atoms with Gasteiger partial charge in [0.25, 0.3) is 5.91 Å². The van der Waals surface area contributed by atoms with Gasteiger partial charge in [-0.25, -0.2) is 14.5 Å². The fourth-order valence-corrected chi connectivity index (χ4v) is 7.38. The van der Waals surface area contributed by atoms with E-state index in [1.54, 1.807) is 39.9 Å². The van der Waals surface area contributed by atoms with Gasteiger partial charge >= 0.3 is 12.2 Å². The second-order valence-electron chi connectivity index (χ2n) is 14.9. The largest absolute Gasteiger partial charge is 0.452 e. The fourth-order valence-electron chi connectivity index (χ4n) is 7.38. The molecule has 2 bridgehead atoms. The van der Waals surface area contributed by atoms with Crippen LogP contribution in [0.4, 0.5) is 29.5 Å². The lowest BCUT2D eigenvalue weighted by Gasteiger charge is -2.39. The van der Waals surface area contributed by atoms with Crippen LogP contribution in [0.1, 0.15) is 79.5 Å². The molecule has 0 aliphatic carbocycles. The van der Waals surface area contributed by atoms with Gasteiger partial charge in [-0.1, -0.05) is 68.8 Å². The minimum absolute atomic E-state index is 0.197. The predicted octanol–water partition coefficient (Wildman–Crippen LogP) is 9.42. The van der Waals surface area contributed by atoms with Crippen molar-refractivity contribution in [2.45, 2.75) is 83.5 Å². The van der Waals surface area contributed by atoms with Gasteiger partial charge in [0.2, 0.25) is 11.7 Å². The fraction of sp³-hybridized carbons (Fsp3) is 0.350. The van der Waals surface area contributed by atoms with Crippen LogP contribution in [0.25, 0.3) is 17.1 Å². The molecule has 9 nitrogen and oxygen atoms in total. The third-order valence-electron chi connectivity index (χ3n) is 9.88. The monoisotopic (exact) mass is 710 g/mol. The van der Waals surface area contributed by atoms with Crippen molar-refractivity contribution in [3.63, 3.8) is 0 Å². The molecule has 12 heteroatoms. The molecule has 2 saturated heterocycles. The number of oxazole rings is 1. The average Bonchev–Trinajstić information content (AvgIpc) is 3.80. The Morgan fingerprint density at radius 1 is 0.885 bits per heavy atom. The summed E-state index contributed by atoms with van der Waals surface area (Å²) < 4.78 is 49.0. The molecular weight excluding hydrogens is 669 g/mol. The highest BCUT2D eigenvalue weighted by Crippen LogP contribution is 2.43. The minimum Gasteiger partial charge on any atom is -0.431 e. The lowest BCUT2D eigenvalue weighted by molar-refractivity contribution is -0.153. The van der Waals surface area contributed by atoms with Gasteiger partial charge < -0.3 is 14.6 Å². The van der Waals surface area contributed by atoms with Gasteiger partial charge in [0, 0.05) is 34.8 Å². The lowest BCUT2D eigenvalue weighted by atomic mass is 9.85. The van der Waals surface area contributed by atoms with Crippen molar-refractivity contribution in [3.8, 4) is 17.1 Å². The number of anilines is 2. The highest BCUT2D eigenvalue weighted by molar-refractivity contribution is 5.99. The van der Waals surface area contributed by atoms with Gasteiger partial charge in [-0.2, -0.15) is 18.3 Å². The number of nitrogens with one attached hydrogen (secondary N) is 2. The number of rotatable bonds is 7. The molecule has 2 aliphatic heterocycles. The van der Waals surface area contributed by atoms with Gasteiger partial charge in [0.15, 0.2) is 5.69 Å². The maximum atomic E-state index is 14.0. The van der Waals surface area contributed by atoms with Crippen molar-refractivity contribution in [1.82, 2.24) is 19.7 Å². The summed E-state index contributed by atoms with van der Waals surface area (Å²) in [5.74, 6) is -1.57. The molecule has 4 heterocycles. The first kappa shape index (κ1) is 35.0. The van der Waals surface area contributed by atoms with Crippen molar-refractivity contribution in [1.29, 1.82) is 0 Å². The number of halogens is 3. The molecule has 7 rings (SSSR count). The number of aromatic nitrogens is 3. The van der Waals surface area contributed by atoms with Crippen LogP contribution in [-0.4, -0.2) is 43.7 Å². The van der Waals surface area contributed by atoms with E-state index >= 15 is 0 Å². The van der Waals surface area contributed by atoms with E-state index in [-0.39, 0.29) is 29.3 Å². The van der Waals surface area contributed by atoms with E-state index in [2.05, 4.69) is 36.4 Å². The molecule has 2 unspecified atom stereocenters. The van der Waals surface area contributed by atoms with Gasteiger partial charge in [-0.3, -0.25) is 10.1 Å². The highest BCUT2D eigenvalue weighted by Gasteiger charge is 2.48. The summed E-state index contributed by atoms with van der Waals surface area (Å²) in [6.07, 6.45) is -1.41. The van der Waals surface area contributed by atoms with E-state index in [9.17, 15) is 22.8 Å². The first-order chi connectivity index (χ1) is 24.7. The van der Waals surface area contributed by atoms with Crippen LogP contribution in [0.5, 0.6) is 0 Å². The Hall–Kier alpha value is -5.39. The molecule has 0 radical (unpaired) electrons. The van der Waals surface area contributed by atoms with Crippen LogP contribution in [-0.2, 0) is 18.0 Å². The number of alkyl halides is 3. The Morgan fingerprint density at radius 2 is 1.58 bits per heavy atom.